The molecule has 3 atom stereocenters. The first-order valence-corrected chi connectivity index (χ1v) is 13.0. The standard InChI is InChI=1S/C30H35NO5/c1-19-24-12-13-26(20(2)27(24)36-29(33)25(19)17-22-9-5-4-6-10-22)35-21(3)28(32)31-16-15-30(34)14-8-7-11-23(30)18-31/h4-6,9-10,12-13,21,23,34H,7-8,11,14-18H2,1-3H3/t21-,23+,30+/m1/s1. The number of carbonyl (C=O) groups excluding carboxylic acids is 1. The van der Waals surface area contributed by atoms with E-state index < -0.39 is 11.7 Å². The lowest BCUT2D eigenvalue weighted by Gasteiger charge is -2.47. The molecular formula is C30H35NO5. The van der Waals surface area contributed by atoms with Crippen molar-refractivity contribution in [1.82, 2.24) is 4.90 Å². The largest absolute Gasteiger partial charge is 0.480 e. The zero-order chi connectivity index (χ0) is 25.4. The summed E-state index contributed by atoms with van der Waals surface area (Å²) < 4.78 is 11.9. The summed E-state index contributed by atoms with van der Waals surface area (Å²) in [6.45, 7) is 6.70. The number of likely N-dealkylation sites (tertiary alicyclic amines) is 1. The molecule has 1 amide bonds. The number of aryl methyl sites for hydroxylation is 2. The molecule has 0 unspecified atom stereocenters. The number of hydrogen-bond donors (Lipinski definition) is 1. The molecule has 2 aromatic carbocycles. The van der Waals surface area contributed by atoms with E-state index in [4.69, 9.17) is 9.15 Å². The Hall–Kier alpha value is -3.12. The number of hydrogen-bond acceptors (Lipinski definition) is 5. The number of nitrogens with zero attached hydrogens (tertiary/aromatic N) is 1. The van der Waals surface area contributed by atoms with Crippen molar-refractivity contribution in [3.05, 3.63) is 75.1 Å². The SMILES string of the molecule is Cc1c(Cc2ccccc2)c(=O)oc2c(C)c(O[C@H](C)C(=O)N3CC[C@@]4(O)CCCC[C@H]4C3)ccc12. The van der Waals surface area contributed by atoms with E-state index in [-0.39, 0.29) is 17.5 Å². The number of benzene rings is 2. The number of carbonyl (C=O) groups is 1. The van der Waals surface area contributed by atoms with Crippen LogP contribution in [0.2, 0.25) is 0 Å². The molecule has 2 fully saturated rings. The Bertz CT molecular complexity index is 1330. The second kappa shape index (κ2) is 9.74. The van der Waals surface area contributed by atoms with Crippen molar-refractivity contribution in [1.29, 1.82) is 0 Å². The van der Waals surface area contributed by atoms with Gasteiger partial charge in [-0.2, -0.15) is 0 Å². The summed E-state index contributed by atoms with van der Waals surface area (Å²) in [5, 5.41) is 11.8. The van der Waals surface area contributed by atoms with Gasteiger partial charge in [0, 0.05) is 41.9 Å². The van der Waals surface area contributed by atoms with Crippen LogP contribution in [0.25, 0.3) is 11.0 Å². The predicted octanol–water partition coefficient (Wildman–Crippen LogP) is 4.92. The lowest BCUT2D eigenvalue weighted by atomic mass is 9.71. The van der Waals surface area contributed by atoms with Crippen LogP contribution in [0.1, 0.15) is 61.3 Å². The molecule has 1 aromatic heterocycles. The highest BCUT2D eigenvalue weighted by molar-refractivity contribution is 5.86. The highest BCUT2D eigenvalue weighted by Crippen LogP contribution is 2.40. The summed E-state index contributed by atoms with van der Waals surface area (Å²) in [7, 11) is 0. The minimum atomic E-state index is -0.680. The van der Waals surface area contributed by atoms with Crippen molar-refractivity contribution in [2.45, 2.75) is 71.0 Å². The molecule has 2 aliphatic rings. The van der Waals surface area contributed by atoms with E-state index in [1.165, 1.54) is 0 Å². The van der Waals surface area contributed by atoms with Crippen molar-refractivity contribution in [3.8, 4) is 5.75 Å². The van der Waals surface area contributed by atoms with Crippen LogP contribution < -0.4 is 10.4 Å². The Morgan fingerprint density at radius 3 is 2.69 bits per heavy atom. The number of aliphatic hydroxyl groups is 1. The third-order valence-electron chi connectivity index (χ3n) is 8.27. The first-order valence-electron chi connectivity index (χ1n) is 13.0. The van der Waals surface area contributed by atoms with Crippen LogP contribution in [0.3, 0.4) is 0 Å². The highest BCUT2D eigenvalue weighted by atomic mass is 16.5. The topological polar surface area (TPSA) is 80.0 Å². The number of rotatable bonds is 5. The summed E-state index contributed by atoms with van der Waals surface area (Å²) in [5.74, 6) is 0.603. The summed E-state index contributed by atoms with van der Waals surface area (Å²) in [4.78, 5) is 28.0. The van der Waals surface area contributed by atoms with E-state index in [1.807, 2.05) is 61.2 Å². The summed E-state index contributed by atoms with van der Waals surface area (Å²) in [6, 6.07) is 13.6. The normalized spacial score (nSPS) is 22.8. The van der Waals surface area contributed by atoms with E-state index >= 15 is 0 Å². The predicted molar refractivity (Wildman–Crippen MR) is 139 cm³/mol. The first kappa shape index (κ1) is 24.6. The van der Waals surface area contributed by atoms with Gasteiger partial charge in [0.2, 0.25) is 0 Å². The number of ether oxygens (including phenoxy) is 1. The third-order valence-corrected chi connectivity index (χ3v) is 8.27. The average Bonchev–Trinajstić information content (AvgIpc) is 2.88. The van der Waals surface area contributed by atoms with Gasteiger partial charge in [0.25, 0.3) is 5.91 Å². The third kappa shape index (κ3) is 4.55. The highest BCUT2D eigenvalue weighted by Gasteiger charge is 2.44. The molecule has 6 nitrogen and oxygen atoms in total. The van der Waals surface area contributed by atoms with Crippen molar-refractivity contribution in [3.63, 3.8) is 0 Å². The second-order valence-corrected chi connectivity index (χ2v) is 10.6. The zero-order valence-corrected chi connectivity index (χ0v) is 21.4. The Labute approximate surface area is 211 Å². The summed E-state index contributed by atoms with van der Waals surface area (Å²) in [5.41, 5.74) is 2.84. The van der Waals surface area contributed by atoms with Gasteiger partial charge in [0.15, 0.2) is 6.10 Å². The van der Waals surface area contributed by atoms with Crippen LogP contribution in [0.15, 0.2) is 51.7 Å². The van der Waals surface area contributed by atoms with Gasteiger partial charge in [-0.15, -0.1) is 0 Å². The van der Waals surface area contributed by atoms with Crippen LogP contribution in [-0.4, -0.2) is 40.7 Å². The van der Waals surface area contributed by atoms with Gasteiger partial charge in [-0.3, -0.25) is 4.79 Å². The Balaban J connectivity index is 1.35. The lowest BCUT2D eigenvalue weighted by molar-refractivity contribution is -0.149. The van der Waals surface area contributed by atoms with Crippen LogP contribution in [0.4, 0.5) is 0 Å². The summed E-state index contributed by atoms with van der Waals surface area (Å²) >= 11 is 0. The Morgan fingerprint density at radius 2 is 1.92 bits per heavy atom. The lowest BCUT2D eigenvalue weighted by Crippen LogP contribution is -2.56. The van der Waals surface area contributed by atoms with Crippen LogP contribution >= 0.6 is 0 Å². The molecule has 1 saturated carbocycles. The van der Waals surface area contributed by atoms with Crippen molar-refractivity contribution < 1.29 is 19.1 Å². The quantitative estimate of drug-likeness (QED) is 0.515. The second-order valence-electron chi connectivity index (χ2n) is 10.6. The molecule has 2 heterocycles. The molecule has 1 N–H and O–H groups in total. The molecule has 1 aliphatic carbocycles. The maximum absolute atomic E-state index is 13.2. The van der Waals surface area contributed by atoms with Gasteiger partial charge in [-0.1, -0.05) is 43.2 Å². The monoisotopic (exact) mass is 489 g/mol. The molecule has 1 aliphatic heterocycles. The fourth-order valence-corrected chi connectivity index (χ4v) is 5.97. The maximum Gasteiger partial charge on any atom is 0.340 e. The van der Waals surface area contributed by atoms with Crippen LogP contribution in [0.5, 0.6) is 5.75 Å². The minimum Gasteiger partial charge on any atom is -0.480 e. The van der Waals surface area contributed by atoms with Gasteiger partial charge < -0.3 is 19.2 Å². The van der Waals surface area contributed by atoms with E-state index in [2.05, 4.69) is 0 Å². The smallest absolute Gasteiger partial charge is 0.340 e. The van der Waals surface area contributed by atoms with E-state index in [1.54, 1.807) is 6.92 Å². The zero-order valence-electron chi connectivity index (χ0n) is 21.4. The number of amides is 1. The molecule has 6 heteroatoms. The summed E-state index contributed by atoms with van der Waals surface area (Å²) in [6.07, 6.45) is 4.42. The molecule has 5 rings (SSSR count). The molecular weight excluding hydrogens is 454 g/mol. The van der Waals surface area contributed by atoms with Crippen molar-refractivity contribution in [2.24, 2.45) is 5.92 Å². The molecule has 0 radical (unpaired) electrons. The first-order chi connectivity index (χ1) is 17.3. The fourth-order valence-electron chi connectivity index (χ4n) is 5.97. The van der Waals surface area contributed by atoms with Gasteiger partial charge in [0.1, 0.15) is 11.3 Å². The van der Waals surface area contributed by atoms with Gasteiger partial charge in [-0.25, -0.2) is 4.79 Å². The van der Waals surface area contributed by atoms with Crippen LogP contribution in [-0.2, 0) is 11.2 Å². The van der Waals surface area contributed by atoms with Crippen LogP contribution in [0, 0.1) is 19.8 Å². The molecule has 1 saturated heterocycles. The molecule has 0 spiro atoms. The van der Waals surface area contributed by atoms with E-state index in [0.717, 1.165) is 42.2 Å². The van der Waals surface area contributed by atoms with Gasteiger partial charge in [-0.05, 0) is 63.3 Å². The Morgan fingerprint density at radius 1 is 1.14 bits per heavy atom. The van der Waals surface area contributed by atoms with Crippen molar-refractivity contribution in [2.75, 3.05) is 13.1 Å². The van der Waals surface area contributed by atoms with Crippen molar-refractivity contribution >= 4 is 16.9 Å². The van der Waals surface area contributed by atoms with Gasteiger partial charge >= 0.3 is 5.63 Å². The van der Waals surface area contributed by atoms with E-state index in [0.29, 0.717) is 48.4 Å². The molecule has 3 aromatic rings. The molecule has 36 heavy (non-hydrogen) atoms. The number of piperidine rings is 1. The molecule has 0 bridgehead atoms. The van der Waals surface area contributed by atoms with Gasteiger partial charge in [0.05, 0.1) is 5.60 Å². The minimum absolute atomic E-state index is 0.0713. The Kier molecular flexibility index (Phi) is 6.64. The fraction of sp³-hybridized carbons (Fsp3) is 0.467. The maximum atomic E-state index is 13.2. The average molecular weight is 490 g/mol. The molecule has 190 valence electrons. The van der Waals surface area contributed by atoms with E-state index in [9.17, 15) is 14.7 Å². The number of fused-ring (bicyclic) bond motifs is 2.